The highest BCUT2D eigenvalue weighted by molar-refractivity contribution is 5.56. The number of hydroxylamine groups is 2. The first-order chi connectivity index (χ1) is 3.93. The molecular formula is C5H8N2O. The van der Waals surface area contributed by atoms with Crippen LogP contribution in [0.4, 0.5) is 0 Å². The molecule has 1 aliphatic heterocycles. The normalized spacial score (nSPS) is 17.4. The third-order valence-corrected chi connectivity index (χ3v) is 0.869. The summed E-state index contributed by atoms with van der Waals surface area (Å²) in [7, 11) is 1.60. The summed E-state index contributed by atoms with van der Waals surface area (Å²) in [6.45, 7) is 0.764. The van der Waals surface area contributed by atoms with Crippen LogP contribution in [0.5, 0.6) is 0 Å². The van der Waals surface area contributed by atoms with Gasteiger partial charge in [0.15, 0.2) is 0 Å². The highest BCUT2D eigenvalue weighted by Gasteiger charge is 1.91. The lowest BCUT2D eigenvalue weighted by molar-refractivity contribution is -0.0173. The van der Waals surface area contributed by atoms with E-state index in [-0.39, 0.29) is 0 Å². The van der Waals surface area contributed by atoms with Crippen LogP contribution in [0.15, 0.2) is 17.3 Å². The van der Waals surface area contributed by atoms with E-state index in [9.17, 15) is 0 Å². The van der Waals surface area contributed by atoms with Crippen LogP contribution >= 0.6 is 0 Å². The SMILES string of the molecule is CON1C=CCN=C1. The Balaban J connectivity index is 2.42. The van der Waals surface area contributed by atoms with Crippen LogP contribution in [0, 0.1) is 0 Å². The quantitative estimate of drug-likeness (QED) is 0.490. The van der Waals surface area contributed by atoms with Gasteiger partial charge in [-0.3, -0.25) is 9.83 Å². The molecule has 0 aromatic rings. The van der Waals surface area contributed by atoms with E-state index in [2.05, 4.69) is 4.99 Å². The first-order valence-electron chi connectivity index (χ1n) is 2.42. The van der Waals surface area contributed by atoms with Gasteiger partial charge < -0.3 is 0 Å². The lowest BCUT2D eigenvalue weighted by atomic mass is 10.6. The van der Waals surface area contributed by atoms with Crippen LogP contribution in [0.25, 0.3) is 0 Å². The van der Waals surface area contributed by atoms with Crippen molar-refractivity contribution in [3.8, 4) is 0 Å². The molecule has 8 heavy (non-hydrogen) atoms. The maximum absolute atomic E-state index is 4.79. The number of rotatable bonds is 1. The minimum atomic E-state index is 0.764. The van der Waals surface area contributed by atoms with E-state index in [4.69, 9.17) is 4.84 Å². The summed E-state index contributed by atoms with van der Waals surface area (Å²) in [6.07, 6.45) is 5.39. The van der Waals surface area contributed by atoms with Gasteiger partial charge in [0.05, 0.1) is 13.7 Å². The number of hydrogen-bond donors (Lipinski definition) is 0. The Morgan fingerprint density at radius 3 is 3.00 bits per heavy atom. The molecule has 0 unspecified atom stereocenters. The van der Waals surface area contributed by atoms with Crippen molar-refractivity contribution in [3.63, 3.8) is 0 Å². The molecule has 0 amide bonds. The molecule has 0 saturated carbocycles. The maximum atomic E-state index is 4.79. The molecule has 0 N–H and O–H groups in total. The molecule has 3 heteroatoms. The molecule has 0 aliphatic carbocycles. The highest BCUT2D eigenvalue weighted by Crippen LogP contribution is 1.90. The number of nitrogens with zero attached hydrogens (tertiary/aromatic N) is 2. The Kier molecular flexibility index (Phi) is 1.64. The predicted octanol–water partition coefficient (Wildman–Crippen LogP) is 0.405. The minimum Gasteiger partial charge on any atom is -0.272 e. The third-order valence-electron chi connectivity index (χ3n) is 0.869. The van der Waals surface area contributed by atoms with Gasteiger partial charge in [0.1, 0.15) is 6.34 Å². The Morgan fingerprint density at radius 2 is 2.62 bits per heavy atom. The van der Waals surface area contributed by atoms with Crippen LogP contribution in [0.1, 0.15) is 0 Å². The summed E-state index contributed by atoms with van der Waals surface area (Å²) in [5.74, 6) is 0. The average molecular weight is 112 g/mol. The zero-order valence-electron chi connectivity index (χ0n) is 4.74. The third kappa shape index (κ3) is 1.07. The van der Waals surface area contributed by atoms with Gasteiger partial charge in [0.2, 0.25) is 0 Å². The molecule has 0 saturated heterocycles. The zero-order valence-corrected chi connectivity index (χ0v) is 4.74. The van der Waals surface area contributed by atoms with E-state index in [1.807, 2.05) is 12.3 Å². The van der Waals surface area contributed by atoms with Gasteiger partial charge in [0.25, 0.3) is 0 Å². The van der Waals surface area contributed by atoms with Crippen molar-refractivity contribution < 1.29 is 4.84 Å². The Labute approximate surface area is 48.2 Å². The van der Waals surface area contributed by atoms with E-state index in [1.54, 1.807) is 18.5 Å². The minimum absolute atomic E-state index is 0.764. The van der Waals surface area contributed by atoms with Gasteiger partial charge >= 0.3 is 0 Å². The van der Waals surface area contributed by atoms with Crippen LogP contribution in [-0.2, 0) is 4.84 Å². The largest absolute Gasteiger partial charge is 0.272 e. The van der Waals surface area contributed by atoms with E-state index in [1.165, 1.54) is 0 Å². The fraction of sp³-hybridized carbons (Fsp3) is 0.400. The Morgan fingerprint density at radius 1 is 1.75 bits per heavy atom. The summed E-state index contributed by atoms with van der Waals surface area (Å²) < 4.78 is 0. The lowest BCUT2D eigenvalue weighted by Crippen LogP contribution is -2.15. The monoisotopic (exact) mass is 112 g/mol. The average Bonchev–Trinajstić information content (AvgIpc) is 1.90. The molecule has 0 aromatic heterocycles. The summed E-state index contributed by atoms with van der Waals surface area (Å²) in [5, 5.41) is 1.55. The molecule has 3 nitrogen and oxygen atoms in total. The van der Waals surface area contributed by atoms with Crippen LogP contribution < -0.4 is 0 Å². The molecule has 1 aliphatic rings. The molecule has 0 atom stereocenters. The van der Waals surface area contributed by atoms with Gasteiger partial charge in [-0.2, -0.15) is 0 Å². The number of hydrogen-bond acceptors (Lipinski definition) is 3. The summed E-state index contributed by atoms with van der Waals surface area (Å²) in [4.78, 5) is 8.71. The Hall–Kier alpha value is -0.830. The van der Waals surface area contributed by atoms with Crippen molar-refractivity contribution in [2.45, 2.75) is 0 Å². The van der Waals surface area contributed by atoms with Crippen LogP contribution in [0.3, 0.4) is 0 Å². The maximum Gasteiger partial charge on any atom is 0.116 e. The standard InChI is InChI=1S/C5H8N2O/c1-8-7-4-2-3-6-5-7/h2,4-5H,3H2,1H3. The first-order valence-corrected chi connectivity index (χ1v) is 2.42. The van der Waals surface area contributed by atoms with Crippen molar-refractivity contribution in [1.29, 1.82) is 0 Å². The summed E-state index contributed by atoms with van der Waals surface area (Å²) in [5.41, 5.74) is 0. The van der Waals surface area contributed by atoms with Crippen molar-refractivity contribution in [1.82, 2.24) is 5.06 Å². The van der Waals surface area contributed by atoms with Gasteiger partial charge in [-0.15, -0.1) is 0 Å². The molecule has 1 heterocycles. The summed E-state index contributed by atoms with van der Waals surface area (Å²) in [6, 6.07) is 0. The molecule has 0 radical (unpaired) electrons. The molecule has 44 valence electrons. The first kappa shape index (κ1) is 5.31. The predicted molar refractivity (Wildman–Crippen MR) is 31.3 cm³/mol. The van der Waals surface area contributed by atoms with Crippen LogP contribution in [0.2, 0.25) is 0 Å². The van der Waals surface area contributed by atoms with Crippen molar-refractivity contribution in [3.05, 3.63) is 12.3 Å². The van der Waals surface area contributed by atoms with E-state index >= 15 is 0 Å². The second kappa shape index (κ2) is 2.47. The van der Waals surface area contributed by atoms with Crippen molar-refractivity contribution >= 4 is 6.34 Å². The van der Waals surface area contributed by atoms with Gasteiger partial charge in [0, 0.05) is 6.20 Å². The summed E-state index contributed by atoms with van der Waals surface area (Å²) >= 11 is 0. The van der Waals surface area contributed by atoms with E-state index in [0.717, 1.165) is 6.54 Å². The molecule has 0 fully saturated rings. The zero-order chi connectivity index (χ0) is 5.82. The smallest absolute Gasteiger partial charge is 0.116 e. The van der Waals surface area contributed by atoms with Gasteiger partial charge in [-0.05, 0) is 6.08 Å². The van der Waals surface area contributed by atoms with Gasteiger partial charge in [-0.25, -0.2) is 5.06 Å². The fourth-order valence-corrected chi connectivity index (χ4v) is 0.486. The fourth-order valence-electron chi connectivity index (χ4n) is 0.486. The second-order valence-corrected chi connectivity index (χ2v) is 1.41. The molecule has 0 bridgehead atoms. The van der Waals surface area contributed by atoms with Gasteiger partial charge in [-0.1, -0.05) is 0 Å². The van der Waals surface area contributed by atoms with E-state index < -0.39 is 0 Å². The topological polar surface area (TPSA) is 24.8 Å². The molecule has 1 rings (SSSR count). The van der Waals surface area contributed by atoms with Crippen molar-refractivity contribution in [2.75, 3.05) is 13.7 Å². The van der Waals surface area contributed by atoms with Crippen LogP contribution in [-0.4, -0.2) is 25.1 Å². The number of aliphatic imine (C=N–C) groups is 1. The van der Waals surface area contributed by atoms with Crippen molar-refractivity contribution in [2.24, 2.45) is 4.99 Å². The molecular weight excluding hydrogens is 104 g/mol. The second-order valence-electron chi connectivity index (χ2n) is 1.41. The molecule has 0 spiro atoms. The molecule has 0 aromatic carbocycles. The Bertz CT molecular complexity index is 108. The lowest BCUT2D eigenvalue weighted by Gasteiger charge is -2.11. The van der Waals surface area contributed by atoms with E-state index in [0.29, 0.717) is 0 Å². The highest BCUT2D eigenvalue weighted by atomic mass is 16.7.